The van der Waals surface area contributed by atoms with Gasteiger partial charge in [0.2, 0.25) is 10.0 Å². The van der Waals surface area contributed by atoms with Crippen molar-refractivity contribution in [3.63, 3.8) is 0 Å². The third kappa shape index (κ3) is 4.57. The Hall–Kier alpha value is -5.03. The van der Waals surface area contributed by atoms with E-state index in [4.69, 9.17) is 4.42 Å². The van der Waals surface area contributed by atoms with E-state index < -0.39 is 10.0 Å². The number of pyridine rings is 1. The summed E-state index contributed by atoms with van der Waals surface area (Å²) in [7, 11) is 1.29. The average molecular weight is 581 g/mol. The summed E-state index contributed by atoms with van der Waals surface area (Å²) in [6, 6.07) is 18.8. The van der Waals surface area contributed by atoms with E-state index >= 15 is 0 Å². The molecular formula is C31H28N6O4S. The fourth-order valence-corrected chi connectivity index (χ4v) is 5.62. The molecular weight excluding hydrogens is 552 g/mol. The summed E-state index contributed by atoms with van der Waals surface area (Å²) in [5, 5.41) is 12.9. The van der Waals surface area contributed by atoms with Crippen LogP contribution in [0.5, 0.6) is 0 Å². The highest BCUT2D eigenvalue weighted by molar-refractivity contribution is 7.92. The number of amides is 1. The number of aromatic nitrogens is 4. The molecule has 0 aliphatic carbocycles. The van der Waals surface area contributed by atoms with E-state index in [0.717, 1.165) is 34.1 Å². The smallest absolute Gasteiger partial charge is 0.255 e. The first kappa shape index (κ1) is 27.2. The summed E-state index contributed by atoms with van der Waals surface area (Å²) >= 11 is 0. The molecule has 1 amide bonds. The van der Waals surface area contributed by atoms with E-state index in [1.165, 1.54) is 11.4 Å². The van der Waals surface area contributed by atoms with Crippen LogP contribution in [0.25, 0.3) is 55.8 Å². The molecule has 0 fully saturated rings. The third-order valence-corrected chi connectivity index (χ3v) is 8.62. The highest BCUT2D eigenvalue weighted by Gasteiger charge is 2.26. The second-order valence-electron chi connectivity index (χ2n) is 10.2. The van der Waals surface area contributed by atoms with Crippen LogP contribution in [-0.2, 0) is 17.1 Å². The van der Waals surface area contributed by atoms with Gasteiger partial charge in [-0.05, 0) is 37.3 Å². The fourth-order valence-electron chi connectivity index (χ4n) is 5.11. The van der Waals surface area contributed by atoms with Crippen LogP contribution in [-0.4, -0.2) is 54.4 Å². The van der Waals surface area contributed by atoms with Crippen molar-refractivity contribution in [3.05, 3.63) is 84.2 Å². The largest absolute Gasteiger partial charge is 0.455 e. The molecule has 4 aromatic heterocycles. The number of carbonyl (C=O) groups excluding carboxylic acids is 1. The van der Waals surface area contributed by atoms with Gasteiger partial charge < -0.3 is 14.3 Å². The van der Waals surface area contributed by atoms with Crippen LogP contribution in [0.1, 0.15) is 15.9 Å². The van der Waals surface area contributed by atoms with Crippen LogP contribution >= 0.6 is 0 Å². The number of nitrogens with zero attached hydrogens (tertiary/aromatic N) is 5. The molecule has 0 saturated heterocycles. The number of carbonyl (C=O) groups is 1. The lowest BCUT2D eigenvalue weighted by Crippen LogP contribution is -2.25. The van der Waals surface area contributed by atoms with Gasteiger partial charge in [0.1, 0.15) is 22.7 Å². The number of hydrogen-bond acceptors (Lipinski definition) is 7. The van der Waals surface area contributed by atoms with E-state index in [1.807, 2.05) is 67.1 Å². The highest BCUT2D eigenvalue weighted by atomic mass is 32.2. The van der Waals surface area contributed by atoms with Crippen molar-refractivity contribution >= 4 is 43.6 Å². The summed E-state index contributed by atoms with van der Waals surface area (Å²) < 4.78 is 34.9. The van der Waals surface area contributed by atoms with Gasteiger partial charge in [-0.1, -0.05) is 29.8 Å². The zero-order valence-electron chi connectivity index (χ0n) is 23.7. The Morgan fingerprint density at radius 3 is 2.50 bits per heavy atom. The maximum absolute atomic E-state index is 13.2. The number of furan rings is 1. The average Bonchev–Trinajstić information content (AvgIpc) is 3.53. The molecule has 0 aliphatic rings. The maximum Gasteiger partial charge on any atom is 0.255 e. The topological polar surface area (TPSA) is 123 Å². The molecule has 0 aliphatic heterocycles. The second-order valence-corrected chi connectivity index (χ2v) is 12.2. The SMILES string of the molecule is CNC(=O)c1c(-c2ccc(C)cc2)oc2cc(N(C)S(C)(=O)=O)c(-c3cnnc(-c4cc5cccnc5n4C)c3)cc12. The van der Waals surface area contributed by atoms with Crippen LogP contribution in [0.4, 0.5) is 5.69 Å². The molecule has 0 spiro atoms. The van der Waals surface area contributed by atoms with Crippen LogP contribution in [0.3, 0.4) is 0 Å². The predicted octanol–water partition coefficient (Wildman–Crippen LogP) is 5.17. The summed E-state index contributed by atoms with van der Waals surface area (Å²) in [5.41, 5.74) is 6.25. The number of fused-ring (bicyclic) bond motifs is 2. The minimum atomic E-state index is -3.66. The van der Waals surface area contributed by atoms with Crippen LogP contribution in [0, 0.1) is 6.92 Å². The molecule has 2 aromatic carbocycles. The molecule has 10 nitrogen and oxygen atoms in total. The van der Waals surface area contributed by atoms with Crippen molar-refractivity contribution in [1.29, 1.82) is 0 Å². The van der Waals surface area contributed by atoms with Crippen molar-refractivity contribution in [2.24, 2.45) is 7.05 Å². The quantitative estimate of drug-likeness (QED) is 0.288. The van der Waals surface area contributed by atoms with Crippen LogP contribution in [0.15, 0.2) is 77.5 Å². The number of nitrogens with one attached hydrogen (secondary N) is 1. The predicted molar refractivity (Wildman–Crippen MR) is 164 cm³/mol. The zero-order valence-corrected chi connectivity index (χ0v) is 24.5. The normalized spacial score (nSPS) is 11.7. The van der Waals surface area contributed by atoms with Gasteiger partial charge in [0.25, 0.3) is 5.91 Å². The lowest BCUT2D eigenvalue weighted by Gasteiger charge is -2.20. The molecule has 1 N–H and O–H groups in total. The van der Waals surface area contributed by atoms with E-state index in [-0.39, 0.29) is 5.91 Å². The van der Waals surface area contributed by atoms with Crippen LogP contribution in [0.2, 0.25) is 0 Å². The highest BCUT2D eigenvalue weighted by Crippen LogP contribution is 2.41. The minimum absolute atomic E-state index is 0.323. The number of anilines is 1. The molecule has 6 rings (SSSR count). The van der Waals surface area contributed by atoms with Crippen molar-refractivity contribution in [1.82, 2.24) is 25.1 Å². The summed E-state index contributed by atoms with van der Waals surface area (Å²) in [5.74, 6) is 0.0713. The van der Waals surface area contributed by atoms with Crippen LogP contribution < -0.4 is 9.62 Å². The number of sulfonamides is 1. The Bertz CT molecular complexity index is 2110. The van der Waals surface area contributed by atoms with E-state index in [9.17, 15) is 13.2 Å². The van der Waals surface area contributed by atoms with E-state index in [2.05, 4.69) is 20.5 Å². The first-order valence-electron chi connectivity index (χ1n) is 13.1. The monoisotopic (exact) mass is 580 g/mol. The standard InChI is InChI=1S/C31H28N6O4S/c1-18-8-10-19(11-9-18)29-28(31(38)32-2)23-15-22(25(16-27(23)41-29)37(4)42(5,39)40)21-13-24(35-34-17-21)26-14-20-7-6-12-33-30(20)36(26)3/h6-17H,1-5H3,(H,32,38). The van der Waals surface area contributed by atoms with Gasteiger partial charge in [-0.25, -0.2) is 13.4 Å². The first-order valence-corrected chi connectivity index (χ1v) is 15.0. The third-order valence-electron chi connectivity index (χ3n) is 7.43. The van der Waals surface area contributed by atoms with Crippen molar-refractivity contribution < 1.29 is 17.6 Å². The maximum atomic E-state index is 13.2. The first-order chi connectivity index (χ1) is 20.1. The Labute approximate surface area is 242 Å². The van der Waals surface area contributed by atoms with Crippen molar-refractivity contribution in [2.75, 3.05) is 24.7 Å². The van der Waals surface area contributed by atoms with Gasteiger partial charge in [0.15, 0.2) is 0 Å². The number of hydrogen-bond donors (Lipinski definition) is 1. The molecule has 0 bridgehead atoms. The molecule has 0 unspecified atom stereocenters. The molecule has 0 saturated carbocycles. The second kappa shape index (κ2) is 10.1. The summed E-state index contributed by atoms with van der Waals surface area (Å²) in [4.78, 5) is 17.7. The molecule has 212 valence electrons. The lowest BCUT2D eigenvalue weighted by atomic mass is 9.98. The molecule has 0 radical (unpaired) electrons. The van der Waals surface area contributed by atoms with Gasteiger partial charge in [-0.2, -0.15) is 5.10 Å². The fraction of sp³-hybridized carbons (Fsp3) is 0.161. The zero-order chi connectivity index (χ0) is 29.8. The molecule has 0 atom stereocenters. The van der Waals surface area contributed by atoms with Gasteiger partial charge in [-0.3, -0.25) is 9.10 Å². The van der Waals surface area contributed by atoms with Gasteiger partial charge in [-0.15, -0.1) is 5.10 Å². The minimum Gasteiger partial charge on any atom is -0.455 e. The Morgan fingerprint density at radius 1 is 1.05 bits per heavy atom. The molecule has 42 heavy (non-hydrogen) atoms. The number of aryl methyl sites for hydroxylation is 2. The van der Waals surface area contributed by atoms with Gasteiger partial charge >= 0.3 is 0 Å². The number of benzene rings is 2. The Balaban J connectivity index is 1.62. The van der Waals surface area contributed by atoms with E-state index in [0.29, 0.717) is 44.8 Å². The van der Waals surface area contributed by atoms with Gasteiger partial charge in [0, 0.05) is 60.9 Å². The summed E-state index contributed by atoms with van der Waals surface area (Å²) in [6.45, 7) is 1.98. The molecule has 6 aromatic rings. The Kier molecular flexibility index (Phi) is 6.53. The number of rotatable bonds is 6. The molecule has 4 heterocycles. The Morgan fingerprint density at radius 2 is 1.81 bits per heavy atom. The van der Waals surface area contributed by atoms with Gasteiger partial charge in [0.05, 0.1) is 29.4 Å². The van der Waals surface area contributed by atoms with Crippen molar-refractivity contribution in [2.45, 2.75) is 6.92 Å². The van der Waals surface area contributed by atoms with Crippen molar-refractivity contribution in [3.8, 4) is 33.8 Å². The summed E-state index contributed by atoms with van der Waals surface area (Å²) in [6.07, 6.45) is 4.44. The van der Waals surface area contributed by atoms with E-state index in [1.54, 1.807) is 31.6 Å². The lowest BCUT2D eigenvalue weighted by molar-refractivity contribution is 0.0964. The molecule has 11 heteroatoms.